The molecule has 2 aromatic carbocycles. The van der Waals surface area contributed by atoms with Crippen LogP contribution in [0.5, 0.6) is 0 Å². The number of benzene rings is 2. The normalized spacial score (nSPS) is 11.6. The van der Waals surface area contributed by atoms with Gasteiger partial charge in [-0.15, -0.1) is 0 Å². The van der Waals surface area contributed by atoms with Gasteiger partial charge in [0.2, 0.25) is 6.61 Å². The summed E-state index contributed by atoms with van der Waals surface area (Å²) in [6.45, 7) is 11.7. The fraction of sp³-hybridized carbons (Fsp3) is 0.360. The molecule has 0 atom stereocenters. The van der Waals surface area contributed by atoms with Crippen LogP contribution in [0.3, 0.4) is 0 Å². The van der Waals surface area contributed by atoms with Gasteiger partial charge in [-0.1, -0.05) is 48.6 Å². The number of rotatable bonds is 12. The van der Waals surface area contributed by atoms with Gasteiger partial charge in [0.15, 0.2) is 0 Å². The summed E-state index contributed by atoms with van der Waals surface area (Å²) in [5.41, 5.74) is 5.42. The first-order valence-corrected chi connectivity index (χ1v) is 12.2. The molecular weight excluding hydrogens is 428 g/mol. The maximum Gasteiger partial charge on any atom is 0.222 e. The van der Waals surface area contributed by atoms with Crippen LogP contribution in [0.1, 0.15) is 38.8 Å². The molecule has 0 amide bonds. The van der Waals surface area contributed by atoms with Crippen LogP contribution >= 0.6 is 0 Å². The number of halogens is 1. The molecule has 2 aromatic rings. The Bertz CT molecular complexity index is 843. The molecular formula is C25H33ClN2O4. The Morgan fingerprint density at radius 3 is 1.62 bits per heavy atom. The summed E-state index contributed by atoms with van der Waals surface area (Å²) in [6, 6.07) is 16.5. The Morgan fingerprint density at radius 2 is 1.22 bits per heavy atom. The van der Waals surface area contributed by atoms with Crippen LogP contribution in [-0.4, -0.2) is 32.8 Å². The highest BCUT2D eigenvalue weighted by molar-refractivity contribution is 5.91. The molecule has 0 saturated heterocycles. The Kier molecular flexibility index (Phi) is 10.2. The van der Waals surface area contributed by atoms with Crippen molar-refractivity contribution < 1.29 is 28.5 Å². The van der Waals surface area contributed by atoms with E-state index in [-0.39, 0.29) is 6.61 Å². The van der Waals surface area contributed by atoms with Gasteiger partial charge in [0.25, 0.3) is 0 Å². The maximum atomic E-state index is 10.7. The van der Waals surface area contributed by atoms with E-state index in [1.165, 1.54) is 6.08 Å². The van der Waals surface area contributed by atoms with E-state index in [2.05, 4.69) is 66.0 Å². The van der Waals surface area contributed by atoms with Crippen LogP contribution in [-0.2, 0) is 4.29 Å². The van der Waals surface area contributed by atoms with Gasteiger partial charge in [-0.05, 0) is 51.5 Å². The molecule has 0 bridgehead atoms. The third-order valence-electron chi connectivity index (χ3n) is 5.29. The zero-order chi connectivity index (χ0) is 23.6. The second-order valence-electron chi connectivity index (χ2n) is 7.04. The van der Waals surface area contributed by atoms with Crippen molar-refractivity contribution in [1.82, 2.24) is 0 Å². The summed E-state index contributed by atoms with van der Waals surface area (Å²) < 4.78 is 36.3. The minimum Gasteiger partial charge on any atom is -0.372 e. The molecule has 0 aliphatic heterocycles. The standard InChI is InChI=1S/C25H33ClN2O4/c1-5-27(6-2)24-18-11-9-16-22(24)21(15-13-14-20-32-26(29,30)31)23-17-10-12-19-25(23)28(7-3)8-4/h9-19H,5-8,20H2,1-4H3. The van der Waals surface area contributed by atoms with Crippen molar-refractivity contribution in [3.8, 4) is 0 Å². The first kappa shape index (κ1) is 25.9. The second-order valence-corrected chi connectivity index (χ2v) is 8.02. The van der Waals surface area contributed by atoms with E-state index in [0.717, 1.165) is 54.3 Å². The van der Waals surface area contributed by atoms with Gasteiger partial charge in [-0.2, -0.15) is 14.0 Å². The quantitative estimate of drug-likeness (QED) is 0.452. The van der Waals surface area contributed by atoms with Gasteiger partial charge in [0.1, 0.15) is 0 Å². The fourth-order valence-electron chi connectivity index (χ4n) is 3.74. The van der Waals surface area contributed by atoms with Crippen LogP contribution < -0.4 is 23.8 Å². The lowest BCUT2D eigenvalue weighted by atomic mass is 9.93. The molecule has 0 unspecified atom stereocenters. The molecule has 0 N–H and O–H groups in total. The number of anilines is 2. The highest BCUT2D eigenvalue weighted by atomic mass is 35.7. The maximum absolute atomic E-state index is 10.7. The molecule has 0 aromatic heterocycles. The SMILES string of the molecule is CCN(CC)c1ccccc1C(=CC=CCO[Cl+3]([O-])([O-])[O-])c1ccccc1N(CC)CC. The monoisotopic (exact) mass is 460 g/mol. The summed E-state index contributed by atoms with van der Waals surface area (Å²) in [4.78, 5) is 4.61. The summed E-state index contributed by atoms with van der Waals surface area (Å²) in [5.74, 6) is 0. The van der Waals surface area contributed by atoms with Gasteiger partial charge >= 0.3 is 0 Å². The summed E-state index contributed by atoms with van der Waals surface area (Å²) in [6.07, 6.45) is 5.19. The van der Waals surface area contributed by atoms with E-state index in [9.17, 15) is 14.0 Å². The average Bonchev–Trinajstić information content (AvgIpc) is 2.78. The molecule has 7 heteroatoms. The summed E-state index contributed by atoms with van der Waals surface area (Å²) >= 11 is 0. The van der Waals surface area contributed by atoms with Crippen molar-refractivity contribution in [3.63, 3.8) is 0 Å². The molecule has 32 heavy (non-hydrogen) atoms. The number of allylic oxidation sites excluding steroid dienone is 2. The third-order valence-corrected chi connectivity index (χ3v) is 5.68. The van der Waals surface area contributed by atoms with Crippen molar-refractivity contribution in [1.29, 1.82) is 0 Å². The zero-order valence-corrected chi connectivity index (χ0v) is 20.0. The van der Waals surface area contributed by atoms with Gasteiger partial charge in [-0.25, -0.2) is 0 Å². The molecule has 0 aliphatic rings. The number of hydrogen-bond donors (Lipinski definition) is 0. The van der Waals surface area contributed by atoms with Crippen LogP contribution in [0, 0.1) is 10.2 Å². The van der Waals surface area contributed by atoms with E-state index in [4.69, 9.17) is 0 Å². The van der Waals surface area contributed by atoms with E-state index >= 15 is 0 Å². The van der Waals surface area contributed by atoms with Gasteiger partial charge in [0, 0.05) is 48.7 Å². The summed E-state index contributed by atoms with van der Waals surface area (Å²) in [5, 5.41) is 0. The Hall–Kier alpha value is -2.35. The lowest BCUT2D eigenvalue weighted by Crippen LogP contribution is -2.60. The molecule has 0 aliphatic carbocycles. The van der Waals surface area contributed by atoms with Gasteiger partial charge < -0.3 is 9.80 Å². The predicted molar refractivity (Wildman–Crippen MR) is 122 cm³/mol. The first-order valence-electron chi connectivity index (χ1n) is 11.0. The van der Waals surface area contributed by atoms with Crippen molar-refractivity contribution in [2.45, 2.75) is 27.7 Å². The van der Waals surface area contributed by atoms with E-state index in [0.29, 0.717) is 0 Å². The number of nitrogens with zero attached hydrogens (tertiary/aromatic N) is 2. The highest BCUT2D eigenvalue weighted by Crippen LogP contribution is 2.36. The average molecular weight is 461 g/mol. The topological polar surface area (TPSA) is 84.9 Å². The van der Waals surface area contributed by atoms with E-state index in [1.807, 2.05) is 30.3 Å². The molecule has 0 spiro atoms. The molecule has 0 fully saturated rings. The number of hydrogen-bond acceptors (Lipinski definition) is 6. The second kappa shape index (κ2) is 12.6. The Morgan fingerprint density at radius 1 is 0.781 bits per heavy atom. The van der Waals surface area contributed by atoms with Crippen LogP contribution in [0.2, 0.25) is 0 Å². The lowest BCUT2D eigenvalue weighted by molar-refractivity contribution is -1.92. The molecule has 0 heterocycles. The lowest BCUT2D eigenvalue weighted by Gasteiger charge is -2.28. The molecule has 0 radical (unpaired) electrons. The van der Waals surface area contributed by atoms with Gasteiger partial charge in [-0.3, -0.25) is 0 Å². The summed E-state index contributed by atoms with van der Waals surface area (Å²) in [7, 11) is -4.44. The predicted octanol–water partition coefficient (Wildman–Crippen LogP) is 2.28. The van der Waals surface area contributed by atoms with Crippen LogP contribution in [0.15, 0.2) is 66.8 Å². The first-order chi connectivity index (χ1) is 15.4. The fourth-order valence-corrected chi connectivity index (χ4v) is 3.97. The minimum atomic E-state index is -4.44. The molecule has 2 rings (SSSR count). The largest absolute Gasteiger partial charge is 0.372 e. The van der Waals surface area contributed by atoms with E-state index in [1.54, 1.807) is 6.08 Å². The third kappa shape index (κ3) is 7.08. The Balaban J connectivity index is 2.62. The van der Waals surface area contributed by atoms with Crippen molar-refractivity contribution in [2.75, 3.05) is 42.6 Å². The van der Waals surface area contributed by atoms with Crippen molar-refractivity contribution >= 4 is 16.9 Å². The molecule has 0 saturated carbocycles. The van der Waals surface area contributed by atoms with Crippen LogP contribution in [0.4, 0.5) is 11.4 Å². The van der Waals surface area contributed by atoms with Gasteiger partial charge in [0.05, 0.1) is 14.5 Å². The minimum absolute atomic E-state index is 0.313. The van der Waals surface area contributed by atoms with E-state index < -0.39 is 10.2 Å². The van der Waals surface area contributed by atoms with Crippen LogP contribution in [0.25, 0.3) is 5.57 Å². The zero-order valence-electron chi connectivity index (χ0n) is 19.3. The molecule has 6 nitrogen and oxygen atoms in total. The Labute approximate surface area is 193 Å². The van der Waals surface area contributed by atoms with Crippen molar-refractivity contribution in [2.24, 2.45) is 0 Å². The van der Waals surface area contributed by atoms with Crippen molar-refractivity contribution in [3.05, 3.63) is 77.9 Å². The highest BCUT2D eigenvalue weighted by Gasteiger charge is 2.18. The molecule has 174 valence electrons. The number of para-hydroxylation sites is 2. The smallest absolute Gasteiger partial charge is 0.222 e.